The minimum Gasteiger partial charge on any atom is -0.508 e. The summed E-state index contributed by atoms with van der Waals surface area (Å²) in [4.78, 5) is 22.9. The van der Waals surface area contributed by atoms with Crippen molar-refractivity contribution >= 4 is 33.5 Å². The highest BCUT2D eigenvalue weighted by molar-refractivity contribution is 9.10. The highest BCUT2D eigenvalue weighted by Gasteiger charge is 2.10. The van der Waals surface area contributed by atoms with Gasteiger partial charge in [0.1, 0.15) is 5.75 Å². The van der Waals surface area contributed by atoms with Gasteiger partial charge in [-0.3, -0.25) is 4.79 Å². The molecule has 0 saturated heterocycles. The van der Waals surface area contributed by atoms with E-state index < -0.39 is 5.97 Å². The molecule has 2 aromatic rings. The summed E-state index contributed by atoms with van der Waals surface area (Å²) in [5.74, 6) is -1.27. The molecule has 0 fully saturated rings. The Bertz CT molecular complexity index is 700. The van der Waals surface area contributed by atoms with Crippen LogP contribution in [-0.4, -0.2) is 22.1 Å². The van der Waals surface area contributed by atoms with Crippen LogP contribution in [0.2, 0.25) is 0 Å². The monoisotopic (exact) mass is 349 g/mol. The third-order valence-corrected chi connectivity index (χ3v) is 3.45. The lowest BCUT2D eigenvalue weighted by Crippen LogP contribution is -2.15. The number of carbonyl (C=O) groups excluding carboxylic acids is 1. The summed E-state index contributed by atoms with van der Waals surface area (Å²) in [6.45, 7) is 0. The van der Waals surface area contributed by atoms with Crippen LogP contribution in [0.15, 0.2) is 46.9 Å². The van der Waals surface area contributed by atoms with Gasteiger partial charge in [-0.2, -0.15) is 0 Å². The fourth-order valence-electron chi connectivity index (χ4n) is 1.80. The summed E-state index contributed by atoms with van der Waals surface area (Å²) in [6, 6.07) is 10.8. The fraction of sp³-hybridized carbons (Fsp3) is 0.0667. The maximum Gasteiger partial charge on any atom is 0.335 e. The van der Waals surface area contributed by atoms with Crippen molar-refractivity contribution < 1.29 is 19.8 Å². The van der Waals surface area contributed by atoms with Crippen LogP contribution in [0.5, 0.6) is 5.75 Å². The number of carboxylic acid groups (broad SMARTS) is 1. The van der Waals surface area contributed by atoms with Crippen LogP contribution >= 0.6 is 15.9 Å². The fourth-order valence-corrected chi connectivity index (χ4v) is 2.15. The van der Waals surface area contributed by atoms with Crippen LogP contribution in [0.25, 0.3) is 0 Å². The third-order valence-electron chi connectivity index (χ3n) is 2.76. The molecule has 5 nitrogen and oxygen atoms in total. The van der Waals surface area contributed by atoms with Gasteiger partial charge in [0.2, 0.25) is 5.91 Å². The highest BCUT2D eigenvalue weighted by atomic mass is 79.9. The first-order valence-corrected chi connectivity index (χ1v) is 6.85. The molecule has 0 radical (unpaired) electrons. The van der Waals surface area contributed by atoms with Crippen LogP contribution < -0.4 is 5.32 Å². The Labute approximate surface area is 129 Å². The van der Waals surface area contributed by atoms with E-state index in [0.717, 1.165) is 0 Å². The number of benzene rings is 2. The zero-order chi connectivity index (χ0) is 15.4. The van der Waals surface area contributed by atoms with Gasteiger partial charge >= 0.3 is 5.97 Å². The van der Waals surface area contributed by atoms with Crippen molar-refractivity contribution in [3.05, 3.63) is 58.1 Å². The van der Waals surface area contributed by atoms with Crippen LogP contribution in [0, 0.1) is 0 Å². The van der Waals surface area contributed by atoms with E-state index in [1.54, 1.807) is 18.2 Å². The molecule has 3 N–H and O–H groups in total. The summed E-state index contributed by atoms with van der Waals surface area (Å²) >= 11 is 3.26. The molecular formula is C15H12BrNO4. The second-order valence-electron chi connectivity index (χ2n) is 4.39. The Morgan fingerprint density at radius 2 is 1.90 bits per heavy atom. The molecule has 6 heteroatoms. The van der Waals surface area contributed by atoms with Crippen molar-refractivity contribution in [1.29, 1.82) is 0 Å². The van der Waals surface area contributed by atoms with Gasteiger partial charge in [0.25, 0.3) is 0 Å². The van der Waals surface area contributed by atoms with Crippen LogP contribution in [-0.2, 0) is 11.2 Å². The Balaban J connectivity index is 2.12. The van der Waals surface area contributed by atoms with Gasteiger partial charge in [-0.05, 0) is 51.8 Å². The van der Waals surface area contributed by atoms with Crippen LogP contribution in [0.4, 0.5) is 5.69 Å². The summed E-state index contributed by atoms with van der Waals surface area (Å²) in [5, 5.41) is 20.9. The van der Waals surface area contributed by atoms with E-state index in [4.69, 9.17) is 5.11 Å². The standard InChI is InChI=1S/C15H12BrNO4/c16-12-5-4-10(15(20)21)8-13(12)17-14(19)7-9-2-1-3-11(18)6-9/h1-6,8,18H,7H2,(H,17,19)(H,20,21). The number of phenolic OH excluding ortho intramolecular Hbond substituents is 1. The molecule has 2 rings (SSSR count). The average Bonchev–Trinajstić information content (AvgIpc) is 2.41. The van der Waals surface area contributed by atoms with E-state index in [-0.39, 0.29) is 23.6 Å². The Hall–Kier alpha value is -2.34. The molecule has 2 aromatic carbocycles. The molecule has 0 spiro atoms. The number of aromatic hydroxyl groups is 1. The quantitative estimate of drug-likeness (QED) is 0.791. The van der Waals surface area contributed by atoms with Crippen molar-refractivity contribution in [2.75, 3.05) is 5.32 Å². The molecule has 0 aromatic heterocycles. The van der Waals surface area contributed by atoms with Crippen molar-refractivity contribution in [3.8, 4) is 5.75 Å². The second-order valence-corrected chi connectivity index (χ2v) is 5.25. The molecule has 0 atom stereocenters. The summed E-state index contributed by atoms with van der Waals surface area (Å²) < 4.78 is 0.594. The predicted octanol–water partition coefficient (Wildman–Crippen LogP) is 3.03. The molecule has 1 amide bonds. The first-order chi connectivity index (χ1) is 9.95. The topological polar surface area (TPSA) is 86.6 Å². The predicted molar refractivity (Wildman–Crippen MR) is 81.5 cm³/mol. The Kier molecular flexibility index (Phi) is 4.59. The number of hydrogen-bond donors (Lipinski definition) is 3. The van der Waals surface area contributed by atoms with Crippen molar-refractivity contribution in [2.24, 2.45) is 0 Å². The number of anilines is 1. The molecule has 108 valence electrons. The largest absolute Gasteiger partial charge is 0.508 e. The SMILES string of the molecule is O=C(Cc1cccc(O)c1)Nc1cc(C(=O)O)ccc1Br. The van der Waals surface area contributed by atoms with Gasteiger partial charge in [0.05, 0.1) is 17.7 Å². The van der Waals surface area contributed by atoms with E-state index >= 15 is 0 Å². The van der Waals surface area contributed by atoms with Gasteiger partial charge < -0.3 is 15.5 Å². The van der Waals surface area contributed by atoms with Crippen molar-refractivity contribution in [2.45, 2.75) is 6.42 Å². The zero-order valence-corrected chi connectivity index (χ0v) is 12.4. The van der Waals surface area contributed by atoms with Crippen molar-refractivity contribution in [1.82, 2.24) is 0 Å². The number of phenols is 1. The molecule has 0 aliphatic carbocycles. The lowest BCUT2D eigenvalue weighted by molar-refractivity contribution is -0.115. The van der Waals surface area contributed by atoms with Crippen molar-refractivity contribution in [3.63, 3.8) is 0 Å². The normalized spacial score (nSPS) is 10.1. The van der Waals surface area contributed by atoms with Crippen LogP contribution in [0.1, 0.15) is 15.9 Å². The number of aromatic carboxylic acids is 1. The lowest BCUT2D eigenvalue weighted by atomic mass is 10.1. The summed E-state index contributed by atoms with van der Waals surface area (Å²) in [7, 11) is 0. The van der Waals surface area contributed by atoms with E-state index in [9.17, 15) is 14.7 Å². The highest BCUT2D eigenvalue weighted by Crippen LogP contribution is 2.24. The number of halogens is 1. The maximum atomic E-state index is 12.0. The lowest BCUT2D eigenvalue weighted by Gasteiger charge is -2.08. The summed E-state index contributed by atoms with van der Waals surface area (Å²) in [6.07, 6.45) is 0.0815. The van der Waals surface area contributed by atoms with E-state index in [1.165, 1.54) is 24.3 Å². The first-order valence-electron chi connectivity index (χ1n) is 6.06. The molecule has 0 saturated carbocycles. The number of carbonyl (C=O) groups is 2. The molecule has 0 aliphatic rings. The third kappa shape index (κ3) is 4.06. The molecule has 21 heavy (non-hydrogen) atoms. The minimum atomic E-state index is -1.06. The molecule has 0 unspecified atom stereocenters. The molecule has 0 heterocycles. The van der Waals surface area contributed by atoms with Crippen LogP contribution in [0.3, 0.4) is 0 Å². The molecular weight excluding hydrogens is 338 g/mol. The van der Waals surface area contributed by atoms with Gasteiger partial charge in [0, 0.05) is 4.47 Å². The van der Waals surface area contributed by atoms with E-state index in [2.05, 4.69) is 21.2 Å². The number of carboxylic acids is 1. The average molecular weight is 350 g/mol. The van der Waals surface area contributed by atoms with Gasteiger partial charge in [-0.15, -0.1) is 0 Å². The second kappa shape index (κ2) is 6.41. The molecule has 0 aliphatic heterocycles. The zero-order valence-electron chi connectivity index (χ0n) is 10.8. The number of hydrogen-bond acceptors (Lipinski definition) is 3. The minimum absolute atomic E-state index is 0.0815. The number of nitrogens with one attached hydrogen (secondary N) is 1. The molecule has 0 bridgehead atoms. The number of rotatable bonds is 4. The number of amides is 1. The Morgan fingerprint density at radius 3 is 2.57 bits per heavy atom. The van der Waals surface area contributed by atoms with Gasteiger partial charge in [0.15, 0.2) is 0 Å². The van der Waals surface area contributed by atoms with E-state index in [0.29, 0.717) is 15.7 Å². The van der Waals surface area contributed by atoms with E-state index in [1.807, 2.05) is 0 Å². The van der Waals surface area contributed by atoms with Gasteiger partial charge in [-0.25, -0.2) is 4.79 Å². The summed E-state index contributed by atoms with van der Waals surface area (Å²) in [5.41, 5.74) is 1.14. The maximum absolute atomic E-state index is 12.0. The Morgan fingerprint density at radius 1 is 1.14 bits per heavy atom. The smallest absolute Gasteiger partial charge is 0.335 e. The first kappa shape index (κ1) is 15.1. The van der Waals surface area contributed by atoms with Gasteiger partial charge in [-0.1, -0.05) is 12.1 Å².